The van der Waals surface area contributed by atoms with E-state index >= 15 is 0 Å². The highest BCUT2D eigenvalue weighted by atomic mass is 32.2. The third kappa shape index (κ3) is 4.46. The van der Waals surface area contributed by atoms with Gasteiger partial charge < -0.3 is 9.84 Å². The molecule has 0 amide bonds. The van der Waals surface area contributed by atoms with Crippen LogP contribution in [0, 0.1) is 0 Å². The number of carboxylic acids is 1. The van der Waals surface area contributed by atoms with E-state index in [9.17, 15) is 4.79 Å². The first-order valence-corrected chi connectivity index (χ1v) is 7.89. The molecule has 0 atom stereocenters. The van der Waals surface area contributed by atoms with E-state index in [2.05, 4.69) is 0 Å². The quantitative estimate of drug-likeness (QED) is 0.804. The smallest absolute Gasteiger partial charge is 0.339 e. The first-order chi connectivity index (χ1) is 9.27. The Balaban J connectivity index is 1.74. The van der Waals surface area contributed by atoms with Crippen LogP contribution in [0.15, 0.2) is 24.3 Å². The summed E-state index contributed by atoms with van der Waals surface area (Å²) in [5.74, 6) is 0.466. The van der Waals surface area contributed by atoms with Crippen LogP contribution in [0.3, 0.4) is 0 Å². The summed E-state index contributed by atoms with van der Waals surface area (Å²) in [6.45, 7) is 0.575. The molecule has 1 aliphatic carbocycles. The van der Waals surface area contributed by atoms with Crippen molar-refractivity contribution >= 4 is 17.7 Å². The van der Waals surface area contributed by atoms with Crippen molar-refractivity contribution in [2.24, 2.45) is 0 Å². The lowest BCUT2D eigenvalue weighted by Gasteiger charge is -2.20. The molecule has 0 bridgehead atoms. The molecule has 0 saturated heterocycles. The molecule has 3 nitrogen and oxygen atoms in total. The highest BCUT2D eigenvalue weighted by Gasteiger charge is 2.14. The first-order valence-electron chi connectivity index (χ1n) is 6.84. The van der Waals surface area contributed by atoms with Crippen molar-refractivity contribution in [2.45, 2.75) is 37.4 Å². The monoisotopic (exact) mass is 280 g/mol. The lowest BCUT2D eigenvalue weighted by atomic mass is 10.0. The summed E-state index contributed by atoms with van der Waals surface area (Å²) in [6.07, 6.45) is 6.70. The molecule has 0 unspecified atom stereocenters. The lowest BCUT2D eigenvalue weighted by molar-refractivity contribution is 0.0692. The van der Waals surface area contributed by atoms with Gasteiger partial charge in [-0.2, -0.15) is 11.8 Å². The molecule has 1 aliphatic rings. The van der Waals surface area contributed by atoms with Gasteiger partial charge in [0.05, 0.1) is 6.61 Å². The van der Waals surface area contributed by atoms with Crippen molar-refractivity contribution in [3.05, 3.63) is 29.8 Å². The zero-order valence-corrected chi connectivity index (χ0v) is 11.8. The van der Waals surface area contributed by atoms with E-state index in [1.165, 1.54) is 32.1 Å². The van der Waals surface area contributed by atoms with E-state index in [1.54, 1.807) is 24.3 Å². The van der Waals surface area contributed by atoms with Crippen molar-refractivity contribution in [1.29, 1.82) is 0 Å². The Hall–Kier alpha value is -1.16. The molecule has 0 spiro atoms. The molecular weight excluding hydrogens is 260 g/mol. The van der Waals surface area contributed by atoms with E-state index in [0.717, 1.165) is 11.0 Å². The number of carbonyl (C=O) groups is 1. The largest absolute Gasteiger partial charge is 0.492 e. The van der Waals surface area contributed by atoms with Crippen molar-refractivity contribution in [1.82, 2.24) is 0 Å². The van der Waals surface area contributed by atoms with Gasteiger partial charge >= 0.3 is 5.97 Å². The lowest BCUT2D eigenvalue weighted by Crippen LogP contribution is -2.12. The maximum Gasteiger partial charge on any atom is 0.339 e. The minimum absolute atomic E-state index is 0.241. The summed E-state index contributed by atoms with van der Waals surface area (Å²) in [6, 6.07) is 6.81. The van der Waals surface area contributed by atoms with Gasteiger partial charge in [0.1, 0.15) is 11.3 Å². The molecule has 4 heteroatoms. The zero-order valence-electron chi connectivity index (χ0n) is 11.0. The number of hydrogen-bond donors (Lipinski definition) is 1. The highest BCUT2D eigenvalue weighted by molar-refractivity contribution is 7.99. The summed E-state index contributed by atoms with van der Waals surface area (Å²) in [5.41, 5.74) is 0.241. The normalized spacial score (nSPS) is 16.2. The number of thioether (sulfide) groups is 1. The van der Waals surface area contributed by atoms with Crippen LogP contribution >= 0.6 is 11.8 Å². The minimum atomic E-state index is -0.935. The predicted molar refractivity (Wildman–Crippen MR) is 78.2 cm³/mol. The zero-order chi connectivity index (χ0) is 13.5. The molecule has 1 aromatic carbocycles. The fraction of sp³-hybridized carbons (Fsp3) is 0.533. The van der Waals surface area contributed by atoms with Gasteiger partial charge in [0, 0.05) is 11.0 Å². The Morgan fingerprint density at radius 1 is 1.26 bits per heavy atom. The Labute approximate surface area is 118 Å². The van der Waals surface area contributed by atoms with Crippen LogP contribution in [0.1, 0.15) is 42.5 Å². The second-order valence-corrected chi connectivity index (χ2v) is 6.19. The number of aromatic carboxylic acids is 1. The fourth-order valence-electron chi connectivity index (χ4n) is 2.37. The third-order valence-corrected chi connectivity index (χ3v) is 4.71. The fourth-order valence-corrected chi connectivity index (χ4v) is 3.55. The average molecular weight is 280 g/mol. The second kappa shape index (κ2) is 7.43. The molecule has 1 fully saturated rings. The van der Waals surface area contributed by atoms with Gasteiger partial charge in [-0.25, -0.2) is 4.79 Å². The minimum Gasteiger partial charge on any atom is -0.492 e. The maximum atomic E-state index is 11.0. The standard InChI is InChI=1S/C15H20O3S/c16-15(17)13-8-4-5-9-14(13)18-10-11-19-12-6-2-1-3-7-12/h4-5,8-9,12H,1-3,6-7,10-11H2,(H,16,17). The van der Waals surface area contributed by atoms with E-state index in [4.69, 9.17) is 9.84 Å². The van der Waals surface area contributed by atoms with Gasteiger partial charge in [0.15, 0.2) is 0 Å². The van der Waals surface area contributed by atoms with Crippen LogP contribution in [0.2, 0.25) is 0 Å². The van der Waals surface area contributed by atoms with E-state index in [0.29, 0.717) is 12.4 Å². The van der Waals surface area contributed by atoms with Crippen molar-refractivity contribution in [2.75, 3.05) is 12.4 Å². The average Bonchev–Trinajstić information content (AvgIpc) is 2.45. The summed E-state index contributed by atoms with van der Waals surface area (Å²) < 4.78 is 5.59. The molecule has 104 valence electrons. The Bertz CT molecular complexity index is 414. The van der Waals surface area contributed by atoms with Crippen molar-refractivity contribution < 1.29 is 14.6 Å². The summed E-state index contributed by atoms with van der Waals surface area (Å²) in [7, 11) is 0. The maximum absolute atomic E-state index is 11.0. The van der Waals surface area contributed by atoms with Gasteiger partial charge in [-0.05, 0) is 25.0 Å². The topological polar surface area (TPSA) is 46.5 Å². The second-order valence-electron chi connectivity index (χ2n) is 4.78. The number of ether oxygens (including phenoxy) is 1. The van der Waals surface area contributed by atoms with Crippen LogP contribution in [-0.2, 0) is 0 Å². The van der Waals surface area contributed by atoms with Crippen LogP contribution in [0.4, 0.5) is 0 Å². The molecule has 2 rings (SSSR count). The Kier molecular flexibility index (Phi) is 5.58. The number of carboxylic acid groups (broad SMARTS) is 1. The molecule has 1 aromatic rings. The molecule has 0 heterocycles. The molecule has 1 N–H and O–H groups in total. The third-order valence-electron chi connectivity index (χ3n) is 3.36. The number of para-hydroxylation sites is 1. The molecule has 1 saturated carbocycles. The van der Waals surface area contributed by atoms with Gasteiger partial charge in [-0.3, -0.25) is 0 Å². The molecule has 0 aliphatic heterocycles. The van der Waals surface area contributed by atoms with E-state index in [-0.39, 0.29) is 5.56 Å². The Morgan fingerprint density at radius 2 is 2.00 bits per heavy atom. The highest BCUT2D eigenvalue weighted by Crippen LogP contribution is 2.28. The number of hydrogen-bond acceptors (Lipinski definition) is 3. The van der Waals surface area contributed by atoms with Gasteiger partial charge in [0.2, 0.25) is 0 Å². The van der Waals surface area contributed by atoms with Crippen LogP contribution < -0.4 is 4.74 Å². The molecule has 0 aromatic heterocycles. The predicted octanol–water partition coefficient (Wildman–Crippen LogP) is 3.83. The SMILES string of the molecule is O=C(O)c1ccccc1OCCSC1CCCCC1. The van der Waals surface area contributed by atoms with E-state index in [1.807, 2.05) is 11.8 Å². The number of benzene rings is 1. The summed E-state index contributed by atoms with van der Waals surface area (Å²) in [5, 5.41) is 9.81. The molecule has 19 heavy (non-hydrogen) atoms. The summed E-state index contributed by atoms with van der Waals surface area (Å²) in [4.78, 5) is 11.0. The van der Waals surface area contributed by atoms with Crippen molar-refractivity contribution in [3.8, 4) is 5.75 Å². The van der Waals surface area contributed by atoms with Gasteiger partial charge in [0.25, 0.3) is 0 Å². The van der Waals surface area contributed by atoms with Gasteiger partial charge in [-0.15, -0.1) is 0 Å². The van der Waals surface area contributed by atoms with Crippen molar-refractivity contribution in [3.63, 3.8) is 0 Å². The van der Waals surface area contributed by atoms with E-state index < -0.39 is 5.97 Å². The molecular formula is C15H20O3S. The van der Waals surface area contributed by atoms with Crippen LogP contribution in [0.25, 0.3) is 0 Å². The summed E-state index contributed by atoms with van der Waals surface area (Å²) >= 11 is 1.96. The number of rotatable bonds is 6. The van der Waals surface area contributed by atoms with Gasteiger partial charge in [-0.1, -0.05) is 31.4 Å². The van der Waals surface area contributed by atoms with Crippen LogP contribution in [-0.4, -0.2) is 28.7 Å². The molecule has 0 radical (unpaired) electrons. The van der Waals surface area contributed by atoms with Crippen LogP contribution in [0.5, 0.6) is 5.75 Å². The Morgan fingerprint density at radius 3 is 2.74 bits per heavy atom. The first kappa shape index (κ1) is 14.3.